The van der Waals surface area contributed by atoms with Crippen LogP contribution in [0.15, 0.2) is 12.1 Å². The number of rotatable bonds is 5. The molecule has 2 aliphatic carbocycles. The van der Waals surface area contributed by atoms with Gasteiger partial charge in [-0.25, -0.2) is 4.39 Å². The summed E-state index contributed by atoms with van der Waals surface area (Å²) < 4.78 is 20.0. The van der Waals surface area contributed by atoms with Gasteiger partial charge in [-0.2, -0.15) is 0 Å². The van der Waals surface area contributed by atoms with Gasteiger partial charge in [-0.3, -0.25) is 4.79 Å². The minimum absolute atomic E-state index is 0.193. The summed E-state index contributed by atoms with van der Waals surface area (Å²) in [6.07, 6.45) is 5.89. The van der Waals surface area contributed by atoms with Gasteiger partial charge < -0.3 is 4.74 Å². The molecule has 1 aromatic carbocycles. The molecule has 23 heavy (non-hydrogen) atoms. The van der Waals surface area contributed by atoms with Crippen molar-refractivity contribution >= 4 is 5.78 Å². The predicted molar refractivity (Wildman–Crippen MR) is 91.7 cm³/mol. The molecule has 0 amide bonds. The third-order valence-electron chi connectivity index (χ3n) is 4.77. The molecule has 2 fully saturated rings. The lowest BCUT2D eigenvalue weighted by molar-refractivity contribution is 0.101. The highest BCUT2D eigenvalue weighted by atomic mass is 19.1. The molecule has 0 aliphatic heterocycles. The zero-order valence-corrected chi connectivity index (χ0v) is 14.8. The van der Waals surface area contributed by atoms with E-state index < -0.39 is 5.82 Å². The van der Waals surface area contributed by atoms with E-state index in [0.717, 1.165) is 24.3 Å². The van der Waals surface area contributed by atoms with Crippen LogP contribution in [0, 0.1) is 17.7 Å². The third-order valence-corrected chi connectivity index (χ3v) is 4.77. The highest BCUT2D eigenvalue weighted by molar-refractivity contribution is 5.94. The van der Waals surface area contributed by atoms with Crippen molar-refractivity contribution in [3.8, 4) is 5.75 Å². The first kappa shape index (κ1) is 18.0. The van der Waals surface area contributed by atoms with Crippen LogP contribution in [0.1, 0.15) is 81.6 Å². The summed E-state index contributed by atoms with van der Waals surface area (Å²) >= 11 is 0. The molecule has 2 aliphatic rings. The van der Waals surface area contributed by atoms with Crippen LogP contribution < -0.4 is 4.74 Å². The van der Waals surface area contributed by atoms with Gasteiger partial charge >= 0.3 is 0 Å². The SMILES string of the molecule is CC.CC(=O)c1cc(C2CC2)c(OCC2CCC(C)C2)cc1F. The van der Waals surface area contributed by atoms with Crippen molar-refractivity contribution in [2.24, 2.45) is 11.8 Å². The monoisotopic (exact) mass is 320 g/mol. The number of halogens is 1. The molecule has 0 heterocycles. The van der Waals surface area contributed by atoms with Gasteiger partial charge in [0.2, 0.25) is 0 Å². The number of carbonyl (C=O) groups excluding carboxylic acids is 1. The topological polar surface area (TPSA) is 26.3 Å². The number of Topliss-reactive ketones (excluding diaryl/α,β-unsaturated/α-hetero) is 1. The molecule has 0 aromatic heterocycles. The standard InChI is InChI=1S/C18H23FO2.C2H6/c1-11-3-4-13(7-11)10-21-18-9-17(19)15(12(2)20)8-16(18)14-5-6-14;1-2/h8-9,11,13-14H,3-7,10H2,1-2H3;1-2H3. The van der Waals surface area contributed by atoms with E-state index in [1.165, 1.54) is 32.3 Å². The van der Waals surface area contributed by atoms with Crippen molar-refractivity contribution < 1.29 is 13.9 Å². The van der Waals surface area contributed by atoms with Crippen LogP contribution in [-0.4, -0.2) is 12.4 Å². The molecule has 0 bridgehead atoms. The van der Waals surface area contributed by atoms with E-state index in [4.69, 9.17) is 4.74 Å². The van der Waals surface area contributed by atoms with Gasteiger partial charge in [-0.1, -0.05) is 27.2 Å². The second-order valence-corrected chi connectivity index (χ2v) is 6.80. The lowest BCUT2D eigenvalue weighted by Crippen LogP contribution is -2.11. The number of hydrogen-bond donors (Lipinski definition) is 0. The van der Waals surface area contributed by atoms with E-state index in [9.17, 15) is 9.18 Å². The summed E-state index contributed by atoms with van der Waals surface area (Å²) in [5, 5.41) is 0. The second kappa shape index (κ2) is 7.94. The Labute approximate surface area is 139 Å². The number of ketones is 1. The Kier molecular flexibility index (Phi) is 6.20. The molecule has 0 spiro atoms. The zero-order valence-electron chi connectivity index (χ0n) is 14.8. The van der Waals surface area contributed by atoms with Crippen LogP contribution in [0.25, 0.3) is 0 Å². The first-order chi connectivity index (χ1) is 11.0. The molecule has 0 saturated heterocycles. The summed E-state index contributed by atoms with van der Waals surface area (Å²) in [4.78, 5) is 11.5. The fraction of sp³-hybridized carbons (Fsp3) is 0.650. The van der Waals surface area contributed by atoms with Crippen LogP contribution >= 0.6 is 0 Å². The first-order valence-corrected chi connectivity index (χ1v) is 9.01. The fourth-order valence-corrected chi connectivity index (χ4v) is 3.36. The van der Waals surface area contributed by atoms with Gasteiger partial charge in [-0.15, -0.1) is 0 Å². The smallest absolute Gasteiger partial charge is 0.162 e. The van der Waals surface area contributed by atoms with E-state index in [1.807, 2.05) is 13.8 Å². The van der Waals surface area contributed by atoms with E-state index in [0.29, 0.717) is 24.2 Å². The Morgan fingerprint density at radius 1 is 1.22 bits per heavy atom. The lowest BCUT2D eigenvalue weighted by atomic mass is 10.0. The van der Waals surface area contributed by atoms with Crippen molar-refractivity contribution in [3.63, 3.8) is 0 Å². The van der Waals surface area contributed by atoms with Crippen LogP contribution in [0.2, 0.25) is 0 Å². The van der Waals surface area contributed by atoms with Crippen molar-refractivity contribution in [1.29, 1.82) is 0 Å². The number of hydrogen-bond acceptors (Lipinski definition) is 2. The Bertz CT molecular complexity index is 549. The van der Waals surface area contributed by atoms with Crippen LogP contribution in [0.3, 0.4) is 0 Å². The zero-order chi connectivity index (χ0) is 17.0. The number of ether oxygens (including phenoxy) is 1. The third kappa shape index (κ3) is 4.55. The predicted octanol–water partition coefficient (Wildman–Crippen LogP) is 5.75. The maximum absolute atomic E-state index is 14.0. The van der Waals surface area contributed by atoms with Crippen LogP contribution in [0.4, 0.5) is 4.39 Å². The van der Waals surface area contributed by atoms with E-state index in [-0.39, 0.29) is 11.3 Å². The van der Waals surface area contributed by atoms with Crippen LogP contribution in [0.5, 0.6) is 5.75 Å². The average molecular weight is 320 g/mol. The Morgan fingerprint density at radius 2 is 1.91 bits per heavy atom. The summed E-state index contributed by atoms with van der Waals surface area (Å²) in [6.45, 7) is 8.36. The number of benzene rings is 1. The van der Waals surface area contributed by atoms with Gasteiger partial charge in [-0.05, 0) is 62.0 Å². The second-order valence-electron chi connectivity index (χ2n) is 6.80. The van der Waals surface area contributed by atoms with Crippen molar-refractivity contribution in [2.45, 2.75) is 65.7 Å². The molecular formula is C20H29FO2. The van der Waals surface area contributed by atoms with Crippen molar-refractivity contribution in [1.82, 2.24) is 0 Å². The first-order valence-electron chi connectivity index (χ1n) is 9.01. The molecular weight excluding hydrogens is 291 g/mol. The van der Waals surface area contributed by atoms with Crippen molar-refractivity contribution in [2.75, 3.05) is 6.61 Å². The lowest BCUT2D eigenvalue weighted by Gasteiger charge is -2.16. The molecule has 0 radical (unpaired) electrons. The van der Waals surface area contributed by atoms with Gasteiger partial charge in [0.05, 0.1) is 12.2 Å². The summed E-state index contributed by atoms with van der Waals surface area (Å²) in [6, 6.07) is 3.13. The highest BCUT2D eigenvalue weighted by Gasteiger charge is 2.29. The average Bonchev–Trinajstić information content (AvgIpc) is 3.29. The van der Waals surface area contributed by atoms with Gasteiger partial charge in [0.15, 0.2) is 5.78 Å². The molecule has 3 rings (SSSR count). The van der Waals surface area contributed by atoms with E-state index in [2.05, 4.69) is 6.92 Å². The number of carbonyl (C=O) groups is 1. The molecule has 2 unspecified atom stereocenters. The Balaban J connectivity index is 0.000000924. The maximum Gasteiger partial charge on any atom is 0.162 e. The summed E-state index contributed by atoms with van der Waals surface area (Å²) in [7, 11) is 0. The molecule has 1 aromatic rings. The molecule has 128 valence electrons. The quantitative estimate of drug-likeness (QED) is 0.646. The minimum atomic E-state index is -0.457. The fourth-order valence-electron chi connectivity index (χ4n) is 3.36. The molecule has 3 heteroatoms. The largest absolute Gasteiger partial charge is 0.493 e. The molecule has 2 atom stereocenters. The molecule has 2 saturated carbocycles. The Hall–Kier alpha value is -1.38. The molecule has 0 N–H and O–H groups in total. The molecule has 2 nitrogen and oxygen atoms in total. The van der Waals surface area contributed by atoms with Gasteiger partial charge in [0.25, 0.3) is 0 Å². The normalized spacial score (nSPS) is 23.2. The van der Waals surface area contributed by atoms with Gasteiger partial charge in [0, 0.05) is 6.07 Å². The van der Waals surface area contributed by atoms with Crippen molar-refractivity contribution in [3.05, 3.63) is 29.1 Å². The summed E-state index contributed by atoms with van der Waals surface area (Å²) in [5.41, 5.74) is 1.21. The van der Waals surface area contributed by atoms with E-state index >= 15 is 0 Å². The summed E-state index contributed by atoms with van der Waals surface area (Å²) in [5.74, 6) is 1.79. The van der Waals surface area contributed by atoms with E-state index in [1.54, 1.807) is 6.07 Å². The Morgan fingerprint density at radius 3 is 2.43 bits per heavy atom. The minimum Gasteiger partial charge on any atom is -0.493 e. The van der Waals surface area contributed by atoms with Gasteiger partial charge in [0.1, 0.15) is 11.6 Å². The highest BCUT2D eigenvalue weighted by Crippen LogP contribution is 2.45. The maximum atomic E-state index is 14.0. The van der Waals surface area contributed by atoms with Crippen LogP contribution in [-0.2, 0) is 0 Å².